The van der Waals surface area contributed by atoms with Gasteiger partial charge in [0.15, 0.2) is 0 Å². The summed E-state index contributed by atoms with van der Waals surface area (Å²) in [6.45, 7) is 15.2. The molecular weight excluding hydrogens is 276 g/mol. The molecule has 122 valence electrons. The van der Waals surface area contributed by atoms with Crippen LogP contribution in [0, 0.1) is 11.8 Å². The molecule has 1 aromatic heterocycles. The zero-order chi connectivity index (χ0) is 15.5. The van der Waals surface area contributed by atoms with Gasteiger partial charge in [-0.3, -0.25) is 0 Å². The van der Waals surface area contributed by atoms with Crippen LogP contribution in [-0.2, 0) is 6.42 Å². The van der Waals surface area contributed by atoms with E-state index in [0.717, 1.165) is 31.3 Å². The van der Waals surface area contributed by atoms with Crippen LogP contribution in [0.1, 0.15) is 45.4 Å². The Morgan fingerprint density at radius 2 is 1.67 bits per heavy atom. The van der Waals surface area contributed by atoms with Crippen LogP contribution >= 0.6 is 11.3 Å². The first-order valence-electron chi connectivity index (χ1n) is 8.53. The highest BCUT2D eigenvalue weighted by atomic mass is 32.1. The Bertz CT molecular complexity index is 321. The van der Waals surface area contributed by atoms with Gasteiger partial charge >= 0.3 is 0 Å². The predicted molar refractivity (Wildman–Crippen MR) is 96.2 cm³/mol. The van der Waals surface area contributed by atoms with Crippen LogP contribution in [0.4, 0.5) is 0 Å². The molecule has 1 N–H and O–H groups in total. The summed E-state index contributed by atoms with van der Waals surface area (Å²) in [5.74, 6) is 1.61. The number of nitrogens with zero attached hydrogens (tertiary/aromatic N) is 1. The third kappa shape index (κ3) is 10.0. The molecule has 21 heavy (non-hydrogen) atoms. The fourth-order valence-electron chi connectivity index (χ4n) is 2.25. The van der Waals surface area contributed by atoms with Gasteiger partial charge in [0.1, 0.15) is 0 Å². The first kappa shape index (κ1) is 18.7. The molecule has 0 aromatic carbocycles. The molecule has 0 radical (unpaired) electrons. The van der Waals surface area contributed by atoms with E-state index in [9.17, 15) is 0 Å². The van der Waals surface area contributed by atoms with Gasteiger partial charge in [0.25, 0.3) is 0 Å². The van der Waals surface area contributed by atoms with Crippen molar-refractivity contribution < 1.29 is 0 Å². The zero-order valence-electron chi connectivity index (χ0n) is 14.4. The average Bonchev–Trinajstić information content (AvgIpc) is 2.93. The van der Waals surface area contributed by atoms with E-state index in [-0.39, 0.29) is 0 Å². The Labute approximate surface area is 135 Å². The zero-order valence-corrected chi connectivity index (χ0v) is 15.2. The number of rotatable bonds is 12. The summed E-state index contributed by atoms with van der Waals surface area (Å²) in [5, 5.41) is 5.76. The number of thiophene rings is 1. The Morgan fingerprint density at radius 3 is 2.19 bits per heavy atom. The highest BCUT2D eigenvalue weighted by molar-refractivity contribution is 7.09. The molecule has 0 aliphatic carbocycles. The lowest BCUT2D eigenvalue weighted by molar-refractivity contribution is 0.243. The van der Waals surface area contributed by atoms with Crippen molar-refractivity contribution in [3.8, 4) is 0 Å². The standard InChI is InChI=1S/C18H34N2S/c1-16(2)8-12-20(13-9-17(3)4)14-11-19-10-7-18-6-5-15-21-18/h5-6,15-17,19H,7-14H2,1-4H3. The number of nitrogens with one attached hydrogen (secondary N) is 1. The van der Waals surface area contributed by atoms with E-state index in [1.54, 1.807) is 0 Å². The molecule has 0 spiro atoms. The fraction of sp³-hybridized carbons (Fsp3) is 0.778. The number of hydrogen-bond donors (Lipinski definition) is 1. The average molecular weight is 311 g/mol. The van der Waals surface area contributed by atoms with Crippen LogP contribution in [-0.4, -0.2) is 37.6 Å². The molecule has 0 saturated carbocycles. The second-order valence-electron chi connectivity index (χ2n) is 6.79. The van der Waals surface area contributed by atoms with Crippen LogP contribution < -0.4 is 5.32 Å². The lowest BCUT2D eigenvalue weighted by atomic mass is 10.1. The Balaban J connectivity index is 2.14. The molecule has 1 aromatic rings. The van der Waals surface area contributed by atoms with Crippen LogP contribution in [0.25, 0.3) is 0 Å². The van der Waals surface area contributed by atoms with Crippen molar-refractivity contribution in [1.82, 2.24) is 10.2 Å². The normalized spacial score (nSPS) is 12.0. The summed E-state index contributed by atoms with van der Waals surface area (Å²) in [6, 6.07) is 4.36. The van der Waals surface area contributed by atoms with Gasteiger partial charge in [0.2, 0.25) is 0 Å². The minimum absolute atomic E-state index is 0.804. The quantitative estimate of drug-likeness (QED) is 0.580. The van der Waals surface area contributed by atoms with Gasteiger partial charge in [-0.15, -0.1) is 11.3 Å². The second-order valence-corrected chi connectivity index (χ2v) is 7.82. The monoisotopic (exact) mass is 310 g/mol. The third-order valence-electron chi connectivity index (χ3n) is 3.78. The van der Waals surface area contributed by atoms with Gasteiger partial charge in [-0.2, -0.15) is 0 Å². The van der Waals surface area contributed by atoms with Crippen LogP contribution in [0.15, 0.2) is 17.5 Å². The van der Waals surface area contributed by atoms with E-state index in [2.05, 4.69) is 55.4 Å². The number of hydrogen-bond acceptors (Lipinski definition) is 3. The molecule has 0 fully saturated rings. The van der Waals surface area contributed by atoms with E-state index in [0.29, 0.717) is 0 Å². The van der Waals surface area contributed by atoms with Crippen molar-refractivity contribution >= 4 is 11.3 Å². The Kier molecular flexibility index (Phi) is 9.98. The highest BCUT2D eigenvalue weighted by Crippen LogP contribution is 2.08. The van der Waals surface area contributed by atoms with Crippen LogP contribution in [0.5, 0.6) is 0 Å². The summed E-state index contributed by atoms with van der Waals surface area (Å²) < 4.78 is 0. The van der Waals surface area contributed by atoms with Gasteiger partial charge in [0, 0.05) is 24.5 Å². The van der Waals surface area contributed by atoms with Crippen molar-refractivity contribution in [2.45, 2.75) is 47.0 Å². The molecule has 0 saturated heterocycles. The molecule has 1 rings (SSSR count). The summed E-state index contributed by atoms with van der Waals surface area (Å²) in [7, 11) is 0. The Hall–Kier alpha value is -0.380. The molecule has 0 bridgehead atoms. The van der Waals surface area contributed by atoms with Crippen molar-refractivity contribution in [2.24, 2.45) is 11.8 Å². The summed E-state index contributed by atoms with van der Waals surface area (Å²) in [4.78, 5) is 4.12. The van der Waals surface area contributed by atoms with Crippen molar-refractivity contribution in [1.29, 1.82) is 0 Å². The van der Waals surface area contributed by atoms with Crippen LogP contribution in [0.3, 0.4) is 0 Å². The van der Waals surface area contributed by atoms with Crippen molar-refractivity contribution in [2.75, 3.05) is 32.7 Å². The van der Waals surface area contributed by atoms with Gasteiger partial charge in [-0.05, 0) is 55.6 Å². The lowest BCUT2D eigenvalue weighted by Gasteiger charge is -2.24. The molecule has 1 heterocycles. The third-order valence-corrected chi connectivity index (χ3v) is 4.71. The molecule has 0 atom stereocenters. The maximum Gasteiger partial charge on any atom is 0.0107 e. The first-order valence-corrected chi connectivity index (χ1v) is 9.41. The topological polar surface area (TPSA) is 15.3 Å². The largest absolute Gasteiger partial charge is 0.315 e. The molecular formula is C18H34N2S. The smallest absolute Gasteiger partial charge is 0.0107 e. The summed E-state index contributed by atoms with van der Waals surface area (Å²) in [5.41, 5.74) is 0. The SMILES string of the molecule is CC(C)CCN(CCNCCc1cccs1)CCC(C)C. The van der Waals surface area contributed by atoms with Crippen LogP contribution in [0.2, 0.25) is 0 Å². The predicted octanol–water partition coefficient (Wildman–Crippen LogP) is 4.27. The van der Waals surface area contributed by atoms with Crippen molar-refractivity contribution in [3.63, 3.8) is 0 Å². The summed E-state index contributed by atoms with van der Waals surface area (Å²) >= 11 is 1.86. The molecule has 0 amide bonds. The van der Waals surface area contributed by atoms with E-state index >= 15 is 0 Å². The maximum atomic E-state index is 3.59. The molecule has 0 unspecified atom stereocenters. The van der Waals surface area contributed by atoms with E-state index in [1.807, 2.05) is 11.3 Å². The molecule has 2 nitrogen and oxygen atoms in total. The van der Waals surface area contributed by atoms with E-state index < -0.39 is 0 Å². The van der Waals surface area contributed by atoms with Gasteiger partial charge in [-0.1, -0.05) is 33.8 Å². The van der Waals surface area contributed by atoms with Gasteiger partial charge < -0.3 is 10.2 Å². The molecule has 3 heteroatoms. The maximum absolute atomic E-state index is 3.59. The van der Waals surface area contributed by atoms with E-state index in [4.69, 9.17) is 0 Å². The highest BCUT2D eigenvalue weighted by Gasteiger charge is 2.07. The van der Waals surface area contributed by atoms with Crippen molar-refractivity contribution in [3.05, 3.63) is 22.4 Å². The molecule has 0 aliphatic rings. The summed E-state index contributed by atoms with van der Waals surface area (Å²) in [6.07, 6.45) is 3.79. The lowest BCUT2D eigenvalue weighted by Crippen LogP contribution is -2.35. The fourth-order valence-corrected chi connectivity index (χ4v) is 2.95. The Morgan fingerprint density at radius 1 is 1.00 bits per heavy atom. The molecule has 0 aliphatic heterocycles. The first-order chi connectivity index (χ1) is 10.1. The van der Waals surface area contributed by atoms with E-state index in [1.165, 1.54) is 37.4 Å². The minimum atomic E-state index is 0.804. The second kappa shape index (κ2) is 11.2. The van der Waals surface area contributed by atoms with Gasteiger partial charge in [0.05, 0.1) is 0 Å². The van der Waals surface area contributed by atoms with Gasteiger partial charge in [-0.25, -0.2) is 0 Å². The minimum Gasteiger partial charge on any atom is -0.315 e.